The largest absolute Gasteiger partial charge is 0.463 e. The zero-order valence-corrected chi connectivity index (χ0v) is 15.0. The highest BCUT2D eigenvalue weighted by atomic mass is 16.3. The molecule has 0 bridgehead atoms. The molecule has 0 saturated heterocycles. The van der Waals surface area contributed by atoms with Crippen molar-refractivity contribution in [3.63, 3.8) is 0 Å². The van der Waals surface area contributed by atoms with Gasteiger partial charge in [0.05, 0.1) is 11.8 Å². The monoisotopic (exact) mass is 356 g/mol. The van der Waals surface area contributed by atoms with Gasteiger partial charge in [0.2, 0.25) is 5.91 Å². The second-order valence-corrected chi connectivity index (χ2v) is 7.27. The lowest BCUT2D eigenvalue weighted by atomic mass is 9.86. The van der Waals surface area contributed by atoms with E-state index in [0.717, 1.165) is 11.9 Å². The van der Waals surface area contributed by atoms with E-state index in [4.69, 9.17) is 4.42 Å². The molecule has 1 fully saturated rings. The minimum Gasteiger partial charge on any atom is -0.463 e. The van der Waals surface area contributed by atoms with E-state index >= 15 is 0 Å². The van der Waals surface area contributed by atoms with Crippen LogP contribution < -0.4 is 10.9 Å². The number of aryl methyl sites for hydroxylation is 1. The molecule has 7 heteroatoms. The third kappa shape index (κ3) is 3.13. The lowest BCUT2D eigenvalue weighted by Gasteiger charge is -2.29. The molecule has 1 N–H and O–H groups in total. The van der Waals surface area contributed by atoms with E-state index < -0.39 is 0 Å². The maximum absolute atomic E-state index is 12.6. The maximum atomic E-state index is 12.6. The Morgan fingerprint density at radius 2 is 2.19 bits per heavy atom. The fraction of sp³-hybridized carbons (Fsp3) is 0.526. The molecule has 138 valence electrons. The Morgan fingerprint density at radius 3 is 3.04 bits per heavy atom. The fourth-order valence-electron chi connectivity index (χ4n) is 3.89. The molecule has 7 nitrogen and oxygen atoms in total. The number of rotatable bonds is 5. The van der Waals surface area contributed by atoms with Gasteiger partial charge in [-0.3, -0.25) is 14.0 Å². The molecule has 2 atom stereocenters. The Bertz CT molecular complexity index is 984. The van der Waals surface area contributed by atoms with Crippen LogP contribution in [0.1, 0.15) is 45.4 Å². The summed E-state index contributed by atoms with van der Waals surface area (Å²) in [5, 5.41) is 7.38. The van der Waals surface area contributed by atoms with Crippen LogP contribution in [0.2, 0.25) is 0 Å². The van der Waals surface area contributed by atoms with Crippen molar-refractivity contribution in [1.29, 1.82) is 0 Å². The average molecular weight is 356 g/mol. The van der Waals surface area contributed by atoms with E-state index in [2.05, 4.69) is 17.3 Å². The highest BCUT2D eigenvalue weighted by molar-refractivity contribution is 5.81. The van der Waals surface area contributed by atoms with Gasteiger partial charge in [0.25, 0.3) is 5.56 Å². The summed E-state index contributed by atoms with van der Waals surface area (Å²) in [4.78, 5) is 24.8. The standard InChI is InChI=1S/C19H24N4O3/c1-13-5-2-3-6-14(13)21-18(24)7-4-9-23-19(25)16-11-17-15(8-10-26-17)22(16)12-20-23/h8,10-14H,2-7,9H2,1H3,(H,21,24)/t13-,14-/m0/s1. The summed E-state index contributed by atoms with van der Waals surface area (Å²) >= 11 is 0. The van der Waals surface area contributed by atoms with E-state index in [1.165, 1.54) is 23.9 Å². The highest BCUT2D eigenvalue weighted by Gasteiger charge is 2.22. The number of carbonyl (C=O) groups excluding carboxylic acids is 1. The van der Waals surface area contributed by atoms with E-state index in [9.17, 15) is 9.59 Å². The zero-order valence-electron chi connectivity index (χ0n) is 15.0. The summed E-state index contributed by atoms with van der Waals surface area (Å²) in [7, 11) is 0. The van der Waals surface area contributed by atoms with Gasteiger partial charge in [0.1, 0.15) is 11.8 Å². The molecule has 0 spiro atoms. The number of nitrogens with one attached hydrogen (secondary N) is 1. The van der Waals surface area contributed by atoms with Crippen LogP contribution in [-0.4, -0.2) is 26.1 Å². The first kappa shape index (κ1) is 16.9. The Morgan fingerprint density at radius 1 is 1.35 bits per heavy atom. The van der Waals surface area contributed by atoms with Crippen molar-refractivity contribution in [1.82, 2.24) is 19.5 Å². The molecular formula is C19H24N4O3. The van der Waals surface area contributed by atoms with Gasteiger partial charge in [0.15, 0.2) is 5.58 Å². The van der Waals surface area contributed by atoms with Gasteiger partial charge in [0, 0.05) is 31.1 Å². The summed E-state index contributed by atoms with van der Waals surface area (Å²) in [6.07, 6.45) is 8.92. The molecule has 26 heavy (non-hydrogen) atoms. The first-order valence-corrected chi connectivity index (χ1v) is 9.37. The molecule has 1 aliphatic carbocycles. The van der Waals surface area contributed by atoms with Gasteiger partial charge in [-0.2, -0.15) is 5.10 Å². The number of fused-ring (bicyclic) bond motifs is 3. The number of carbonyl (C=O) groups is 1. The molecule has 0 unspecified atom stereocenters. The fourth-order valence-corrected chi connectivity index (χ4v) is 3.89. The first-order chi connectivity index (χ1) is 12.6. The summed E-state index contributed by atoms with van der Waals surface area (Å²) in [5.41, 5.74) is 1.87. The molecule has 1 aliphatic rings. The summed E-state index contributed by atoms with van der Waals surface area (Å²) in [6, 6.07) is 3.84. The molecule has 0 aromatic carbocycles. The lowest BCUT2D eigenvalue weighted by molar-refractivity contribution is -0.122. The van der Waals surface area contributed by atoms with Crippen LogP contribution in [0.4, 0.5) is 0 Å². The topological polar surface area (TPSA) is 81.5 Å². The zero-order chi connectivity index (χ0) is 18.1. The first-order valence-electron chi connectivity index (χ1n) is 9.37. The number of amides is 1. The Hall–Kier alpha value is -2.57. The average Bonchev–Trinajstić information content (AvgIpc) is 3.21. The molecule has 0 radical (unpaired) electrons. The van der Waals surface area contributed by atoms with Crippen LogP contribution in [0.5, 0.6) is 0 Å². The Balaban J connectivity index is 1.37. The van der Waals surface area contributed by atoms with E-state index in [0.29, 0.717) is 42.4 Å². The third-order valence-electron chi connectivity index (χ3n) is 5.45. The van der Waals surface area contributed by atoms with Crippen molar-refractivity contribution >= 4 is 22.5 Å². The van der Waals surface area contributed by atoms with Gasteiger partial charge < -0.3 is 9.73 Å². The molecule has 1 amide bonds. The second-order valence-electron chi connectivity index (χ2n) is 7.27. The van der Waals surface area contributed by atoms with E-state index in [1.54, 1.807) is 23.1 Å². The van der Waals surface area contributed by atoms with Crippen LogP contribution in [0.25, 0.3) is 16.6 Å². The predicted octanol–water partition coefficient (Wildman–Crippen LogP) is 2.72. The molecule has 3 aromatic rings. The minimum atomic E-state index is -0.166. The number of hydrogen-bond acceptors (Lipinski definition) is 4. The number of aromatic nitrogens is 3. The van der Waals surface area contributed by atoms with Crippen LogP contribution in [0, 0.1) is 5.92 Å². The van der Waals surface area contributed by atoms with E-state index in [-0.39, 0.29) is 11.5 Å². The van der Waals surface area contributed by atoms with Crippen molar-refractivity contribution in [2.24, 2.45) is 5.92 Å². The van der Waals surface area contributed by atoms with Gasteiger partial charge >= 0.3 is 0 Å². The van der Waals surface area contributed by atoms with Gasteiger partial charge in [-0.15, -0.1) is 0 Å². The van der Waals surface area contributed by atoms with Crippen LogP contribution in [0.3, 0.4) is 0 Å². The molecule has 3 aromatic heterocycles. The minimum absolute atomic E-state index is 0.0677. The van der Waals surface area contributed by atoms with Crippen molar-refractivity contribution in [3.8, 4) is 0 Å². The Kier molecular flexibility index (Phi) is 4.53. The predicted molar refractivity (Wildman–Crippen MR) is 98.0 cm³/mol. The quantitative estimate of drug-likeness (QED) is 0.762. The van der Waals surface area contributed by atoms with Crippen molar-refractivity contribution in [3.05, 3.63) is 35.1 Å². The highest BCUT2D eigenvalue weighted by Crippen LogP contribution is 2.23. The third-order valence-corrected chi connectivity index (χ3v) is 5.45. The Labute approximate surface area is 151 Å². The molecular weight excluding hydrogens is 332 g/mol. The normalized spacial score (nSPS) is 20.7. The van der Waals surface area contributed by atoms with Gasteiger partial charge in [-0.1, -0.05) is 19.8 Å². The SMILES string of the molecule is C[C@H]1CCCC[C@@H]1NC(=O)CCCn1ncn2c(cc3occc32)c1=O. The van der Waals surface area contributed by atoms with Gasteiger partial charge in [-0.25, -0.2) is 4.68 Å². The number of hydrogen-bond donors (Lipinski definition) is 1. The van der Waals surface area contributed by atoms with Crippen molar-refractivity contribution < 1.29 is 9.21 Å². The van der Waals surface area contributed by atoms with Crippen LogP contribution >= 0.6 is 0 Å². The summed E-state index contributed by atoms with van der Waals surface area (Å²) in [5.74, 6) is 0.616. The molecule has 4 rings (SSSR count). The number of nitrogens with zero attached hydrogens (tertiary/aromatic N) is 3. The molecule has 1 saturated carbocycles. The van der Waals surface area contributed by atoms with Crippen LogP contribution in [-0.2, 0) is 11.3 Å². The molecule has 3 heterocycles. The summed E-state index contributed by atoms with van der Waals surface area (Å²) < 4.78 is 8.49. The number of furan rings is 1. The summed E-state index contributed by atoms with van der Waals surface area (Å²) in [6.45, 7) is 2.63. The van der Waals surface area contributed by atoms with Gasteiger partial charge in [-0.05, 0) is 25.2 Å². The second kappa shape index (κ2) is 6.97. The smallest absolute Gasteiger partial charge is 0.291 e. The molecule has 0 aliphatic heterocycles. The van der Waals surface area contributed by atoms with Crippen molar-refractivity contribution in [2.45, 2.75) is 58.0 Å². The van der Waals surface area contributed by atoms with Crippen molar-refractivity contribution in [2.75, 3.05) is 0 Å². The lowest BCUT2D eigenvalue weighted by Crippen LogP contribution is -2.41. The maximum Gasteiger partial charge on any atom is 0.291 e. The van der Waals surface area contributed by atoms with E-state index in [1.807, 2.05) is 6.07 Å². The van der Waals surface area contributed by atoms with Crippen LogP contribution in [0.15, 0.2) is 33.9 Å².